The average molecular weight is 206 g/mol. The monoisotopic (exact) mass is 206 g/mol. The fraction of sp³-hybridized carbons (Fsp3) is 0.400. The van der Waals surface area contributed by atoms with E-state index in [1.807, 2.05) is 13.1 Å². The van der Waals surface area contributed by atoms with E-state index in [-0.39, 0.29) is 5.56 Å². The molecule has 72 valence electrons. The molecule has 0 unspecified atom stereocenters. The van der Waals surface area contributed by atoms with Gasteiger partial charge in [0.1, 0.15) is 0 Å². The van der Waals surface area contributed by atoms with Crippen LogP contribution in [0.5, 0.6) is 0 Å². The summed E-state index contributed by atoms with van der Waals surface area (Å²) in [5, 5.41) is 0. The van der Waals surface area contributed by atoms with Gasteiger partial charge in [-0.1, -0.05) is 0 Å². The highest BCUT2D eigenvalue weighted by Gasteiger charge is 2.18. The fourth-order valence-electron chi connectivity index (χ4n) is 2.02. The second-order valence-corrected chi connectivity index (χ2v) is 4.90. The normalized spacial score (nSPS) is 14.9. The smallest absolute Gasteiger partial charge is 0.261 e. The average Bonchev–Trinajstić information content (AvgIpc) is 2.71. The summed E-state index contributed by atoms with van der Waals surface area (Å²) in [6, 6.07) is 0. The molecule has 4 heteroatoms. The lowest BCUT2D eigenvalue weighted by Gasteiger charge is -1.97. The minimum atomic E-state index is 0.145. The van der Waals surface area contributed by atoms with Crippen molar-refractivity contribution in [3.05, 3.63) is 32.7 Å². The zero-order chi connectivity index (χ0) is 9.71. The predicted molar refractivity (Wildman–Crippen MR) is 56.1 cm³/mol. The van der Waals surface area contributed by atoms with Gasteiger partial charge in [-0.3, -0.25) is 9.20 Å². The molecule has 2 aromatic rings. The van der Waals surface area contributed by atoms with Crippen LogP contribution in [-0.2, 0) is 12.8 Å². The van der Waals surface area contributed by atoms with E-state index >= 15 is 0 Å². The molecule has 3 nitrogen and oxygen atoms in total. The van der Waals surface area contributed by atoms with Crippen LogP contribution >= 0.6 is 11.3 Å². The molecule has 0 saturated carbocycles. The van der Waals surface area contributed by atoms with E-state index in [4.69, 9.17) is 0 Å². The summed E-state index contributed by atoms with van der Waals surface area (Å²) in [5.41, 5.74) is 2.10. The third-order valence-electron chi connectivity index (χ3n) is 2.67. The van der Waals surface area contributed by atoms with Crippen molar-refractivity contribution in [3.8, 4) is 0 Å². The van der Waals surface area contributed by atoms with Crippen molar-refractivity contribution in [3.63, 3.8) is 0 Å². The molecule has 1 aliphatic rings. The standard InChI is InChI=1S/C10H10N2OS/c1-6-5-12-9(13)7-3-2-4-8(7)11-10(12)14-6/h5H,2-4H2,1H3. The Morgan fingerprint density at radius 1 is 1.50 bits per heavy atom. The van der Waals surface area contributed by atoms with Gasteiger partial charge in [0.15, 0.2) is 4.96 Å². The first-order chi connectivity index (χ1) is 6.75. The molecule has 0 fully saturated rings. The van der Waals surface area contributed by atoms with Crippen LogP contribution in [0.4, 0.5) is 0 Å². The minimum absolute atomic E-state index is 0.145. The molecule has 0 aromatic carbocycles. The molecular formula is C10H10N2OS. The number of aromatic nitrogens is 2. The Balaban J connectivity index is 2.49. The number of fused-ring (bicyclic) bond motifs is 2. The molecule has 0 aliphatic heterocycles. The van der Waals surface area contributed by atoms with Crippen molar-refractivity contribution < 1.29 is 0 Å². The van der Waals surface area contributed by atoms with Crippen LogP contribution in [0.3, 0.4) is 0 Å². The number of nitrogens with zero attached hydrogens (tertiary/aromatic N) is 2. The third kappa shape index (κ3) is 0.973. The first-order valence-corrected chi connectivity index (χ1v) is 5.58. The van der Waals surface area contributed by atoms with Crippen molar-refractivity contribution in [2.75, 3.05) is 0 Å². The SMILES string of the molecule is Cc1cn2c(=O)c3c(nc2s1)CCC3. The van der Waals surface area contributed by atoms with Crippen molar-refractivity contribution in [1.29, 1.82) is 0 Å². The summed E-state index contributed by atoms with van der Waals surface area (Å²) in [6.07, 6.45) is 4.83. The highest BCUT2D eigenvalue weighted by molar-refractivity contribution is 7.16. The van der Waals surface area contributed by atoms with Crippen LogP contribution in [0, 0.1) is 6.92 Å². The molecule has 0 amide bonds. The maximum atomic E-state index is 12.0. The van der Waals surface area contributed by atoms with E-state index in [2.05, 4.69) is 4.98 Å². The van der Waals surface area contributed by atoms with E-state index in [1.54, 1.807) is 15.7 Å². The maximum absolute atomic E-state index is 12.0. The van der Waals surface area contributed by atoms with Crippen LogP contribution in [0.25, 0.3) is 4.96 Å². The molecule has 1 aliphatic carbocycles. The van der Waals surface area contributed by atoms with Crippen LogP contribution in [-0.4, -0.2) is 9.38 Å². The van der Waals surface area contributed by atoms with E-state index in [1.165, 1.54) is 0 Å². The van der Waals surface area contributed by atoms with Gasteiger partial charge in [-0.25, -0.2) is 4.98 Å². The fourth-order valence-corrected chi connectivity index (χ4v) is 2.86. The van der Waals surface area contributed by atoms with Crippen LogP contribution < -0.4 is 5.56 Å². The molecule has 0 saturated heterocycles. The van der Waals surface area contributed by atoms with Gasteiger partial charge in [0.2, 0.25) is 0 Å². The third-order valence-corrected chi connectivity index (χ3v) is 3.56. The van der Waals surface area contributed by atoms with Crippen molar-refractivity contribution in [1.82, 2.24) is 9.38 Å². The summed E-state index contributed by atoms with van der Waals surface area (Å²) < 4.78 is 1.68. The molecular weight excluding hydrogens is 196 g/mol. The highest BCUT2D eigenvalue weighted by atomic mass is 32.1. The number of rotatable bonds is 0. The first-order valence-electron chi connectivity index (χ1n) is 4.76. The molecule has 0 radical (unpaired) electrons. The highest BCUT2D eigenvalue weighted by Crippen LogP contribution is 2.20. The molecule has 0 spiro atoms. The first kappa shape index (κ1) is 8.17. The lowest BCUT2D eigenvalue weighted by molar-refractivity contribution is 0.899. The second-order valence-electron chi connectivity index (χ2n) is 3.69. The van der Waals surface area contributed by atoms with Crippen molar-refractivity contribution in [2.45, 2.75) is 26.2 Å². The lowest BCUT2D eigenvalue weighted by atomic mass is 10.3. The second kappa shape index (κ2) is 2.67. The summed E-state index contributed by atoms with van der Waals surface area (Å²) >= 11 is 1.58. The van der Waals surface area contributed by atoms with Crippen LogP contribution in [0.1, 0.15) is 22.6 Å². The molecule has 14 heavy (non-hydrogen) atoms. The van der Waals surface area contributed by atoms with Gasteiger partial charge in [-0.15, -0.1) is 11.3 Å². The van der Waals surface area contributed by atoms with Gasteiger partial charge in [0.25, 0.3) is 5.56 Å². The van der Waals surface area contributed by atoms with Gasteiger partial charge >= 0.3 is 0 Å². The van der Waals surface area contributed by atoms with E-state index in [0.717, 1.165) is 40.4 Å². The topological polar surface area (TPSA) is 34.4 Å². The number of hydrogen-bond donors (Lipinski definition) is 0. The van der Waals surface area contributed by atoms with E-state index < -0.39 is 0 Å². The lowest BCUT2D eigenvalue weighted by Crippen LogP contribution is -2.17. The quantitative estimate of drug-likeness (QED) is 0.655. The maximum Gasteiger partial charge on any atom is 0.261 e. The van der Waals surface area contributed by atoms with E-state index in [9.17, 15) is 4.79 Å². The van der Waals surface area contributed by atoms with Crippen molar-refractivity contribution >= 4 is 16.3 Å². The Morgan fingerprint density at radius 2 is 2.36 bits per heavy atom. The Morgan fingerprint density at radius 3 is 3.21 bits per heavy atom. The Hall–Kier alpha value is -1.16. The number of aryl methyl sites for hydroxylation is 2. The van der Waals surface area contributed by atoms with Gasteiger partial charge in [-0.05, 0) is 26.2 Å². The summed E-state index contributed by atoms with van der Waals surface area (Å²) in [7, 11) is 0. The molecule has 0 N–H and O–H groups in total. The summed E-state index contributed by atoms with van der Waals surface area (Å²) in [6.45, 7) is 2.00. The van der Waals surface area contributed by atoms with Gasteiger partial charge in [0.05, 0.1) is 5.69 Å². The molecule has 2 heterocycles. The number of hydrogen-bond acceptors (Lipinski definition) is 3. The minimum Gasteiger partial charge on any atom is -0.269 e. The van der Waals surface area contributed by atoms with Gasteiger partial charge < -0.3 is 0 Å². The largest absolute Gasteiger partial charge is 0.269 e. The van der Waals surface area contributed by atoms with Crippen LogP contribution in [0.15, 0.2) is 11.0 Å². The Bertz CT molecular complexity index is 567. The van der Waals surface area contributed by atoms with Crippen molar-refractivity contribution in [2.24, 2.45) is 0 Å². The molecule has 3 rings (SSSR count). The Labute approximate surface area is 85.0 Å². The summed E-state index contributed by atoms with van der Waals surface area (Å²) in [4.78, 5) is 18.5. The Kier molecular flexibility index (Phi) is 1.56. The molecule has 0 atom stereocenters. The molecule has 2 aromatic heterocycles. The number of thiazole rings is 1. The molecule has 0 bridgehead atoms. The van der Waals surface area contributed by atoms with E-state index in [0.29, 0.717) is 0 Å². The van der Waals surface area contributed by atoms with Gasteiger partial charge in [-0.2, -0.15) is 0 Å². The van der Waals surface area contributed by atoms with Gasteiger partial charge in [0, 0.05) is 16.6 Å². The predicted octanol–water partition coefficient (Wildman–Crippen LogP) is 1.55. The summed E-state index contributed by atoms with van der Waals surface area (Å²) in [5.74, 6) is 0. The zero-order valence-corrected chi connectivity index (χ0v) is 8.73. The van der Waals surface area contributed by atoms with Crippen LogP contribution in [0.2, 0.25) is 0 Å². The zero-order valence-electron chi connectivity index (χ0n) is 7.91.